The number of rotatable bonds is 2. The van der Waals surface area contributed by atoms with E-state index >= 15 is 0 Å². The Morgan fingerprint density at radius 1 is 0.718 bits per heavy atom. The Morgan fingerprint density at radius 2 is 1.49 bits per heavy atom. The summed E-state index contributed by atoms with van der Waals surface area (Å²) < 4.78 is 24.9. The first-order chi connectivity index (χ1) is 19.1. The molecule has 8 rings (SSSR count). The molecule has 186 valence electrons. The van der Waals surface area contributed by atoms with Crippen molar-refractivity contribution in [1.29, 1.82) is 0 Å². The molecule has 8 aromatic rings. The average Bonchev–Trinajstić information content (AvgIpc) is 3.48. The van der Waals surface area contributed by atoms with Crippen LogP contribution in [0, 0.1) is 12.7 Å². The van der Waals surface area contributed by atoms with Gasteiger partial charge in [-0.2, -0.15) is 4.57 Å². The molecule has 3 nitrogen and oxygen atoms in total. The highest BCUT2D eigenvalue weighted by molar-refractivity contribution is 6.19. The summed E-state index contributed by atoms with van der Waals surface area (Å²) in [5, 5.41) is 6.71. The summed E-state index contributed by atoms with van der Waals surface area (Å²) in [6, 6.07) is 34.8. The monoisotopic (exact) mass is 507 g/mol. The third-order valence-electron chi connectivity index (χ3n) is 7.99. The molecule has 0 N–H and O–H groups in total. The summed E-state index contributed by atoms with van der Waals surface area (Å²) in [6.07, 6.45) is 2.22. The van der Waals surface area contributed by atoms with Gasteiger partial charge in [0.1, 0.15) is 29.5 Å². The molecule has 3 heterocycles. The fraction of sp³-hybridized carbons (Fsp3) is 0.0571. The zero-order valence-corrected chi connectivity index (χ0v) is 21.6. The van der Waals surface area contributed by atoms with Gasteiger partial charge in [0, 0.05) is 44.8 Å². The molecule has 0 aliphatic rings. The lowest BCUT2D eigenvalue weighted by Gasteiger charge is -2.09. The van der Waals surface area contributed by atoms with E-state index in [1.165, 1.54) is 39.2 Å². The van der Waals surface area contributed by atoms with Crippen LogP contribution in [0.2, 0.25) is 0 Å². The third kappa shape index (κ3) is 3.12. The molecule has 0 unspecified atom stereocenters. The van der Waals surface area contributed by atoms with Crippen molar-refractivity contribution in [3.05, 3.63) is 121 Å². The van der Waals surface area contributed by atoms with Gasteiger partial charge in [-0.3, -0.25) is 0 Å². The Morgan fingerprint density at radius 3 is 2.36 bits per heavy atom. The van der Waals surface area contributed by atoms with E-state index in [0.29, 0.717) is 5.58 Å². The summed E-state index contributed by atoms with van der Waals surface area (Å²) in [7, 11) is 2.08. The first-order valence-corrected chi connectivity index (χ1v) is 13.1. The first-order valence-electron chi connectivity index (χ1n) is 13.1. The van der Waals surface area contributed by atoms with Crippen LogP contribution in [0.1, 0.15) is 5.56 Å². The van der Waals surface area contributed by atoms with Crippen LogP contribution < -0.4 is 4.57 Å². The van der Waals surface area contributed by atoms with E-state index in [-0.39, 0.29) is 5.82 Å². The van der Waals surface area contributed by atoms with Crippen LogP contribution in [0.25, 0.3) is 71.5 Å². The molecule has 0 saturated heterocycles. The molecular weight excluding hydrogens is 483 g/mol. The lowest BCUT2D eigenvalue weighted by Crippen LogP contribution is -2.31. The molecule has 5 aromatic carbocycles. The second-order valence-electron chi connectivity index (χ2n) is 10.3. The number of para-hydroxylation sites is 1. The Hall–Kier alpha value is -4.96. The molecule has 0 spiro atoms. The molecule has 0 amide bonds. The Labute approximate surface area is 223 Å². The van der Waals surface area contributed by atoms with Crippen LogP contribution in [0.3, 0.4) is 0 Å². The Kier molecular flexibility index (Phi) is 4.54. The van der Waals surface area contributed by atoms with E-state index in [9.17, 15) is 4.39 Å². The largest absolute Gasteiger partial charge is 0.455 e. The number of nitrogens with zero attached hydrogens (tertiary/aromatic N) is 2. The van der Waals surface area contributed by atoms with Gasteiger partial charge in [0.15, 0.2) is 6.20 Å². The number of aryl methyl sites for hydroxylation is 2. The van der Waals surface area contributed by atoms with Gasteiger partial charge in [-0.15, -0.1) is 0 Å². The van der Waals surface area contributed by atoms with E-state index in [1.54, 1.807) is 6.07 Å². The Bertz CT molecular complexity index is 2260. The van der Waals surface area contributed by atoms with Crippen molar-refractivity contribution in [3.63, 3.8) is 0 Å². The molecule has 0 saturated carbocycles. The second kappa shape index (κ2) is 8.02. The van der Waals surface area contributed by atoms with Crippen LogP contribution in [0.5, 0.6) is 0 Å². The summed E-state index contributed by atoms with van der Waals surface area (Å²) >= 11 is 0. The molecule has 3 aromatic heterocycles. The fourth-order valence-corrected chi connectivity index (χ4v) is 6.19. The third-order valence-corrected chi connectivity index (χ3v) is 7.99. The highest BCUT2D eigenvalue weighted by Gasteiger charge is 2.25. The SMILES string of the molecule is Cc1ccc2c(oc3cc(F)ccc32)c1-c1cc2c3ccc4ccccc4c3n(-c3ccccc3)c2c[n+]1C. The first kappa shape index (κ1) is 22.1. The van der Waals surface area contributed by atoms with Crippen molar-refractivity contribution in [2.75, 3.05) is 0 Å². The van der Waals surface area contributed by atoms with Gasteiger partial charge in [0.05, 0.1) is 11.1 Å². The summed E-state index contributed by atoms with van der Waals surface area (Å²) in [4.78, 5) is 0. The highest BCUT2D eigenvalue weighted by Crippen LogP contribution is 2.40. The van der Waals surface area contributed by atoms with Crippen molar-refractivity contribution in [3.8, 4) is 16.9 Å². The zero-order valence-electron chi connectivity index (χ0n) is 21.6. The quantitative estimate of drug-likeness (QED) is 0.214. The fourth-order valence-electron chi connectivity index (χ4n) is 6.19. The maximum Gasteiger partial charge on any atom is 0.217 e. The average molecular weight is 508 g/mol. The zero-order chi connectivity index (χ0) is 26.2. The highest BCUT2D eigenvalue weighted by atomic mass is 19.1. The van der Waals surface area contributed by atoms with Crippen LogP contribution >= 0.6 is 0 Å². The van der Waals surface area contributed by atoms with Crippen molar-refractivity contribution in [1.82, 2.24) is 4.57 Å². The van der Waals surface area contributed by atoms with Gasteiger partial charge in [-0.25, -0.2) is 4.39 Å². The predicted octanol–water partition coefficient (Wildman–Crippen LogP) is 8.78. The van der Waals surface area contributed by atoms with Gasteiger partial charge >= 0.3 is 0 Å². The molecule has 0 aliphatic heterocycles. The van der Waals surface area contributed by atoms with Crippen LogP contribution in [-0.2, 0) is 7.05 Å². The minimum Gasteiger partial charge on any atom is -0.455 e. The van der Waals surface area contributed by atoms with E-state index in [0.717, 1.165) is 44.4 Å². The second-order valence-corrected chi connectivity index (χ2v) is 10.3. The minimum atomic E-state index is -0.298. The topological polar surface area (TPSA) is 21.9 Å². The van der Waals surface area contributed by atoms with Crippen molar-refractivity contribution >= 4 is 54.5 Å². The van der Waals surface area contributed by atoms with Gasteiger partial charge in [-0.1, -0.05) is 66.7 Å². The van der Waals surface area contributed by atoms with Gasteiger partial charge in [0.25, 0.3) is 0 Å². The van der Waals surface area contributed by atoms with E-state index in [1.807, 2.05) is 0 Å². The molecule has 0 radical (unpaired) electrons. The van der Waals surface area contributed by atoms with Gasteiger partial charge < -0.3 is 8.98 Å². The van der Waals surface area contributed by atoms with Gasteiger partial charge in [-0.05, 0) is 42.1 Å². The number of benzene rings is 5. The number of hydrogen-bond acceptors (Lipinski definition) is 1. The Balaban J connectivity index is 1.52. The van der Waals surface area contributed by atoms with E-state index < -0.39 is 0 Å². The van der Waals surface area contributed by atoms with E-state index in [4.69, 9.17) is 4.42 Å². The predicted molar refractivity (Wildman–Crippen MR) is 157 cm³/mol. The maximum absolute atomic E-state index is 14.0. The maximum atomic E-state index is 14.0. The molecular formula is C35H24FN2O+. The number of hydrogen-bond donors (Lipinski definition) is 0. The molecule has 0 fully saturated rings. The summed E-state index contributed by atoms with van der Waals surface area (Å²) in [5.41, 5.74) is 7.97. The summed E-state index contributed by atoms with van der Waals surface area (Å²) in [5.74, 6) is -0.298. The molecule has 4 heteroatoms. The van der Waals surface area contributed by atoms with Crippen LogP contribution in [0.15, 0.2) is 114 Å². The lowest BCUT2D eigenvalue weighted by atomic mass is 9.99. The molecule has 0 bridgehead atoms. The van der Waals surface area contributed by atoms with Gasteiger partial charge in [0.2, 0.25) is 5.69 Å². The lowest BCUT2D eigenvalue weighted by molar-refractivity contribution is -0.659. The van der Waals surface area contributed by atoms with Crippen molar-refractivity contribution < 1.29 is 13.4 Å². The standard InChI is InChI=1S/C35H24FN2O/c1-21-12-15-28-26-17-14-23(36)18-32(26)39-35(28)33(21)30-19-29-27-16-13-22-8-6-7-11-25(22)34(27)38(31(29)20-37(30)2)24-9-4-3-5-10-24/h3-20H,1-2H3/q+1. The number of fused-ring (bicyclic) bond motifs is 8. The van der Waals surface area contributed by atoms with Crippen LogP contribution in [0.4, 0.5) is 4.39 Å². The number of halogens is 1. The smallest absolute Gasteiger partial charge is 0.217 e. The number of furan rings is 1. The molecule has 0 aliphatic carbocycles. The molecule has 0 atom stereocenters. The van der Waals surface area contributed by atoms with Crippen LogP contribution in [-0.4, -0.2) is 4.57 Å². The van der Waals surface area contributed by atoms with E-state index in [2.05, 4.69) is 114 Å². The summed E-state index contributed by atoms with van der Waals surface area (Å²) in [6.45, 7) is 2.10. The number of aromatic nitrogens is 2. The van der Waals surface area contributed by atoms with Crippen molar-refractivity contribution in [2.45, 2.75) is 6.92 Å². The number of pyridine rings is 1. The van der Waals surface area contributed by atoms with Crippen molar-refractivity contribution in [2.24, 2.45) is 7.05 Å². The molecule has 39 heavy (non-hydrogen) atoms. The minimum absolute atomic E-state index is 0.298. The normalized spacial score (nSPS) is 12.0.